The molecule has 0 aliphatic rings. The van der Waals surface area contributed by atoms with Gasteiger partial charge in [-0.25, -0.2) is 9.37 Å². The van der Waals surface area contributed by atoms with E-state index in [9.17, 15) is 9.18 Å². The van der Waals surface area contributed by atoms with Crippen LogP contribution < -0.4 is 11.1 Å². The second-order valence-electron chi connectivity index (χ2n) is 5.94. The number of halogens is 3. The summed E-state index contributed by atoms with van der Waals surface area (Å²) in [7, 11) is 0. The molecule has 3 N–H and O–H groups in total. The lowest BCUT2D eigenvalue weighted by Gasteiger charge is -2.11. The molecule has 4 rings (SSSR count). The zero-order valence-corrected chi connectivity index (χ0v) is 16.4. The zero-order chi connectivity index (χ0) is 21.3. The van der Waals surface area contributed by atoms with Crippen molar-refractivity contribution in [1.82, 2.24) is 30.2 Å². The van der Waals surface area contributed by atoms with Crippen LogP contribution in [0.4, 0.5) is 15.9 Å². The predicted octanol–water partition coefficient (Wildman–Crippen LogP) is 3.40. The summed E-state index contributed by atoms with van der Waals surface area (Å²) in [5.41, 5.74) is 6.36. The number of nitrogens with zero attached hydrogens (tertiary/aromatic N) is 6. The maximum absolute atomic E-state index is 14.7. The van der Waals surface area contributed by atoms with Crippen molar-refractivity contribution in [2.24, 2.45) is 0 Å². The van der Waals surface area contributed by atoms with Crippen molar-refractivity contribution in [1.29, 1.82) is 0 Å². The lowest BCUT2D eigenvalue weighted by atomic mass is 10.0. The first-order chi connectivity index (χ1) is 14.4. The van der Waals surface area contributed by atoms with E-state index in [4.69, 9.17) is 28.9 Å². The van der Waals surface area contributed by atoms with E-state index in [0.717, 1.165) is 6.07 Å². The highest BCUT2D eigenvalue weighted by Gasteiger charge is 2.18. The molecule has 0 aliphatic heterocycles. The van der Waals surface area contributed by atoms with Crippen molar-refractivity contribution in [2.75, 3.05) is 11.1 Å². The Kier molecular flexibility index (Phi) is 5.25. The van der Waals surface area contributed by atoms with Crippen LogP contribution in [0.2, 0.25) is 10.0 Å². The van der Waals surface area contributed by atoms with Crippen LogP contribution in [0.15, 0.2) is 49.1 Å². The van der Waals surface area contributed by atoms with Crippen molar-refractivity contribution in [2.45, 2.75) is 0 Å². The number of hydrogen-bond donors (Lipinski definition) is 2. The molecule has 0 saturated heterocycles. The predicted molar refractivity (Wildman–Crippen MR) is 109 cm³/mol. The minimum absolute atomic E-state index is 0.0246. The molecule has 1 amide bonds. The normalized spacial score (nSPS) is 10.8. The molecule has 9 nitrogen and oxygen atoms in total. The number of nitrogens with one attached hydrogen (secondary N) is 1. The van der Waals surface area contributed by atoms with Gasteiger partial charge in [0.15, 0.2) is 11.6 Å². The van der Waals surface area contributed by atoms with Crippen LogP contribution in [0, 0.1) is 5.82 Å². The molecule has 0 spiro atoms. The highest BCUT2D eigenvalue weighted by molar-refractivity contribution is 6.35. The summed E-state index contributed by atoms with van der Waals surface area (Å²) in [6, 6.07) is 5.29. The number of anilines is 2. The molecule has 12 heteroatoms. The molecular formula is C18H11Cl2FN8O. The Balaban J connectivity index is 1.60. The van der Waals surface area contributed by atoms with Crippen molar-refractivity contribution in [3.8, 4) is 16.9 Å². The quantitative estimate of drug-likeness (QED) is 0.493. The van der Waals surface area contributed by atoms with Crippen molar-refractivity contribution >= 4 is 40.6 Å². The fourth-order valence-corrected chi connectivity index (χ4v) is 3.16. The van der Waals surface area contributed by atoms with Crippen LogP contribution in [0.25, 0.3) is 16.9 Å². The molecule has 0 aliphatic carbocycles. The molecule has 0 saturated carbocycles. The largest absolute Gasteiger partial charge is 0.382 e. The average Bonchev–Trinajstić information content (AvgIpc) is 3.24. The first kappa shape index (κ1) is 19.7. The summed E-state index contributed by atoms with van der Waals surface area (Å²) in [6.07, 6.45) is 5.69. The first-order valence-corrected chi connectivity index (χ1v) is 9.10. The molecule has 0 bridgehead atoms. The molecule has 1 aromatic carbocycles. The van der Waals surface area contributed by atoms with Gasteiger partial charge in [-0.2, -0.15) is 15.3 Å². The Labute approximate surface area is 178 Å². The third kappa shape index (κ3) is 3.78. The van der Waals surface area contributed by atoms with Gasteiger partial charge in [0.1, 0.15) is 5.82 Å². The molecule has 4 aromatic rings. The lowest BCUT2D eigenvalue weighted by molar-refractivity contribution is 0.102. The summed E-state index contributed by atoms with van der Waals surface area (Å²) in [5, 5.41) is 18.0. The van der Waals surface area contributed by atoms with Gasteiger partial charge in [-0.1, -0.05) is 23.2 Å². The number of carbonyl (C=O) groups excluding carboxylic acids is 1. The second kappa shape index (κ2) is 8.01. The number of nitrogens with two attached hydrogens (primary N) is 1. The monoisotopic (exact) mass is 444 g/mol. The van der Waals surface area contributed by atoms with E-state index in [2.05, 4.69) is 30.7 Å². The van der Waals surface area contributed by atoms with Gasteiger partial charge >= 0.3 is 0 Å². The van der Waals surface area contributed by atoms with Gasteiger partial charge in [-0.3, -0.25) is 4.79 Å². The van der Waals surface area contributed by atoms with Crippen LogP contribution >= 0.6 is 23.2 Å². The Bertz CT molecular complexity index is 1250. The van der Waals surface area contributed by atoms with Gasteiger partial charge in [-0.15, -0.1) is 9.90 Å². The summed E-state index contributed by atoms with van der Waals surface area (Å²) in [4.78, 5) is 18.0. The number of aromatic nitrogens is 6. The van der Waals surface area contributed by atoms with Gasteiger partial charge in [0, 0.05) is 11.1 Å². The smallest absolute Gasteiger partial charge is 0.257 e. The summed E-state index contributed by atoms with van der Waals surface area (Å²) in [5.74, 6) is -1.01. The molecule has 0 radical (unpaired) electrons. The lowest BCUT2D eigenvalue weighted by Crippen LogP contribution is -2.14. The number of pyridine rings is 1. The summed E-state index contributed by atoms with van der Waals surface area (Å²) < 4.78 is 14.7. The maximum atomic E-state index is 14.7. The van der Waals surface area contributed by atoms with E-state index in [1.807, 2.05) is 0 Å². The number of carbonyl (C=O) groups is 1. The van der Waals surface area contributed by atoms with Crippen LogP contribution in [-0.4, -0.2) is 36.1 Å². The van der Waals surface area contributed by atoms with E-state index >= 15 is 0 Å². The van der Waals surface area contributed by atoms with Gasteiger partial charge in [0.25, 0.3) is 5.91 Å². The second-order valence-corrected chi connectivity index (χ2v) is 6.76. The van der Waals surface area contributed by atoms with Crippen LogP contribution in [-0.2, 0) is 0 Å². The molecule has 3 heterocycles. The molecule has 0 fully saturated rings. The molecule has 30 heavy (non-hydrogen) atoms. The first-order valence-electron chi connectivity index (χ1n) is 8.34. The summed E-state index contributed by atoms with van der Waals surface area (Å²) >= 11 is 12.4. The SMILES string of the molecule is Nc1nnccc1-c1cc(Cl)c(C(=O)Nc2cnc(-n3nccn3)c(Cl)c2)cc1F. The minimum Gasteiger partial charge on any atom is -0.382 e. The molecular weight excluding hydrogens is 434 g/mol. The fourth-order valence-electron chi connectivity index (χ4n) is 2.67. The Hall–Kier alpha value is -3.63. The molecule has 3 aromatic heterocycles. The van der Waals surface area contributed by atoms with Gasteiger partial charge in [-0.05, 0) is 24.3 Å². The zero-order valence-electron chi connectivity index (χ0n) is 14.9. The number of rotatable bonds is 4. The van der Waals surface area contributed by atoms with Crippen molar-refractivity contribution < 1.29 is 9.18 Å². The van der Waals surface area contributed by atoms with Crippen LogP contribution in [0.5, 0.6) is 0 Å². The number of hydrogen-bond acceptors (Lipinski definition) is 7. The van der Waals surface area contributed by atoms with Crippen LogP contribution in [0.3, 0.4) is 0 Å². The Morgan fingerprint density at radius 1 is 1.07 bits per heavy atom. The van der Waals surface area contributed by atoms with Gasteiger partial charge in [0.2, 0.25) is 0 Å². The van der Waals surface area contributed by atoms with E-state index < -0.39 is 11.7 Å². The van der Waals surface area contributed by atoms with Crippen LogP contribution in [0.1, 0.15) is 10.4 Å². The van der Waals surface area contributed by atoms with E-state index in [1.54, 1.807) is 0 Å². The minimum atomic E-state index is -0.694. The number of benzene rings is 1. The average molecular weight is 445 g/mol. The maximum Gasteiger partial charge on any atom is 0.257 e. The van der Waals surface area contributed by atoms with E-state index in [1.165, 1.54) is 47.8 Å². The third-order valence-electron chi connectivity index (χ3n) is 4.03. The standard InChI is InChI=1S/C18H11Cl2FN8O/c19-13-6-11(10-1-2-24-28-16(10)22)15(21)7-12(13)18(30)27-9-5-14(20)17(23-8-9)29-25-3-4-26-29/h1-8H,(H2,22,28)(H,27,30). The number of amides is 1. The number of nitrogen functional groups attached to an aromatic ring is 1. The molecule has 150 valence electrons. The van der Waals surface area contributed by atoms with Gasteiger partial charge < -0.3 is 11.1 Å². The van der Waals surface area contributed by atoms with Crippen molar-refractivity contribution in [3.05, 3.63) is 70.5 Å². The van der Waals surface area contributed by atoms with Crippen molar-refractivity contribution in [3.63, 3.8) is 0 Å². The van der Waals surface area contributed by atoms with E-state index in [-0.39, 0.29) is 38.5 Å². The Morgan fingerprint density at radius 2 is 1.83 bits per heavy atom. The van der Waals surface area contributed by atoms with E-state index in [0.29, 0.717) is 5.56 Å². The highest BCUT2D eigenvalue weighted by atomic mass is 35.5. The highest BCUT2D eigenvalue weighted by Crippen LogP contribution is 2.31. The third-order valence-corrected chi connectivity index (χ3v) is 4.62. The summed E-state index contributed by atoms with van der Waals surface area (Å²) in [6.45, 7) is 0. The Morgan fingerprint density at radius 3 is 2.53 bits per heavy atom. The fraction of sp³-hybridized carbons (Fsp3) is 0. The topological polar surface area (TPSA) is 124 Å². The molecule has 0 atom stereocenters. The van der Waals surface area contributed by atoms with Gasteiger partial charge in [0.05, 0.1) is 46.1 Å². The molecule has 0 unspecified atom stereocenters.